The monoisotopic (exact) mass is 1640 g/mol. The van der Waals surface area contributed by atoms with Crippen molar-refractivity contribution in [1.29, 1.82) is 0 Å². The topological polar surface area (TPSA) is 203 Å². The van der Waals surface area contributed by atoms with E-state index in [9.17, 15) is 39.0 Å². The highest BCUT2D eigenvalue weighted by molar-refractivity contribution is 5.97. The number of hydrogen-bond acceptors (Lipinski definition) is 12. The van der Waals surface area contributed by atoms with Crippen LogP contribution in [-0.4, -0.2) is 103 Å². The third kappa shape index (κ3) is 36.9. The Bertz CT molecular complexity index is 4330. The molecule has 0 bridgehead atoms. The molecule has 0 spiro atoms. The maximum Gasteiger partial charge on any atom is 0.265 e. The van der Waals surface area contributed by atoms with E-state index in [1.165, 1.54) is 56.0 Å². The van der Waals surface area contributed by atoms with Crippen LogP contribution >= 0.6 is 0 Å². The first-order valence-corrected chi connectivity index (χ1v) is 44.2. The van der Waals surface area contributed by atoms with Gasteiger partial charge in [0.1, 0.15) is 5.78 Å². The average Bonchev–Trinajstić information content (AvgIpc) is 0.835. The second kappa shape index (κ2) is 51.4. The number of anilines is 3. The van der Waals surface area contributed by atoms with E-state index in [4.69, 9.17) is 5.84 Å². The number of hydrazine groups is 1. The van der Waals surface area contributed by atoms with Gasteiger partial charge in [-0.1, -0.05) is 273 Å². The van der Waals surface area contributed by atoms with Gasteiger partial charge in [0.2, 0.25) is 0 Å². The SMILES string of the molecule is CC(=O)C1CCN(c2ccc(C(C)C)cc2)CC1.CC(=O)c1ccc(C(C)(C)C)cc1.CC(=O)c1cccc(C(C)C)c1.CC(C)c1ccc(N2CCC(O)CC2)cc1.CC(C)c1ccc(N2CCCC(O)C2)cc1.CC(C)c1cccc(C(=O)NN)c1.CCCCC(=O)c1cccc(C(C)(C)C)c1.CCCNC(=O)c1ccc(C(C)(C)C)cc1. The zero-order chi connectivity index (χ0) is 89.6. The average molecular weight is 1640 g/mol. The zero-order valence-corrected chi connectivity index (χ0v) is 77.9. The Balaban J connectivity index is 0.000000289. The number of rotatable bonds is 19. The van der Waals surface area contributed by atoms with Crippen LogP contribution in [0.4, 0.5) is 17.1 Å². The van der Waals surface area contributed by atoms with E-state index in [2.05, 4.69) is 249 Å². The number of aliphatic hydroxyl groups is 2. The Kier molecular flexibility index (Phi) is 44.2. The largest absolute Gasteiger partial charge is 0.393 e. The van der Waals surface area contributed by atoms with Gasteiger partial charge in [-0.05, 0) is 235 Å². The van der Waals surface area contributed by atoms with Crippen LogP contribution in [0.1, 0.15) is 356 Å². The minimum Gasteiger partial charge on any atom is -0.393 e. The van der Waals surface area contributed by atoms with Crippen LogP contribution in [0.2, 0.25) is 0 Å². The fourth-order valence-electron chi connectivity index (χ4n) is 13.6. The highest BCUT2D eigenvalue weighted by Gasteiger charge is 2.24. The maximum absolute atomic E-state index is 11.9. The summed E-state index contributed by atoms with van der Waals surface area (Å²) in [7, 11) is 0. The summed E-state index contributed by atoms with van der Waals surface area (Å²) in [6, 6.07) is 65.4. The number of benzene rings is 8. The van der Waals surface area contributed by atoms with E-state index in [-0.39, 0.29) is 63.5 Å². The van der Waals surface area contributed by atoms with E-state index in [0.717, 1.165) is 131 Å². The van der Waals surface area contributed by atoms with Crippen molar-refractivity contribution in [2.75, 3.05) is 60.5 Å². The molecule has 0 radical (unpaired) electrons. The van der Waals surface area contributed by atoms with Gasteiger partial charge >= 0.3 is 0 Å². The second-order valence-electron chi connectivity index (χ2n) is 37.0. The number of hydrogen-bond donors (Lipinski definition) is 5. The number of nitrogens with two attached hydrogens (primary N) is 1. The van der Waals surface area contributed by atoms with E-state index in [1.54, 1.807) is 26.8 Å². The molecule has 3 aliphatic heterocycles. The molecule has 8 aromatic carbocycles. The maximum atomic E-state index is 11.9. The van der Waals surface area contributed by atoms with Gasteiger partial charge in [0.25, 0.3) is 11.8 Å². The first-order valence-electron chi connectivity index (χ1n) is 44.2. The minimum atomic E-state index is -0.248. The summed E-state index contributed by atoms with van der Waals surface area (Å²) in [4.78, 5) is 75.1. The van der Waals surface area contributed by atoms with Gasteiger partial charge in [-0.15, -0.1) is 0 Å². The van der Waals surface area contributed by atoms with Crippen molar-refractivity contribution in [3.05, 3.63) is 266 Å². The van der Waals surface area contributed by atoms with Gasteiger partial charge in [0.15, 0.2) is 17.3 Å². The zero-order valence-electron chi connectivity index (χ0n) is 77.9. The molecule has 3 heterocycles. The van der Waals surface area contributed by atoms with Crippen LogP contribution in [0.3, 0.4) is 0 Å². The molecule has 2 amide bonds. The van der Waals surface area contributed by atoms with Crippen molar-refractivity contribution < 1.29 is 39.0 Å². The number of ketones is 4. The van der Waals surface area contributed by atoms with Crippen molar-refractivity contribution in [2.24, 2.45) is 11.8 Å². The molecule has 3 aliphatic rings. The number of Topliss-reactive ketones (excluding diaryl/α,β-unsaturated/α-hetero) is 4. The quantitative estimate of drug-likeness (QED) is 0.0222. The van der Waals surface area contributed by atoms with Crippen LogP contribution in [0.15, 0.2) is 194 Å². The summed E-state index contributed by atoms with van der Waals surface area (Å²) in [5.74, 6) is 8.65. The predicted octanol–water partition coefficient (Wildman–Crippen LogP) is 24.3. The molecule has 120 heavy (non-hydrogen) atoms. The molecule has 14 heteroatoms. The van der Waals surface area contributed by atoms with Crippen LogP contribution < -0.4 is 31.3 Å². The highest BCUT2D eigenvalue weighted by atomic mass is 16.3. The van der Waals surface area contributed by atoms with Crippen LogP contribution in [0.5, 0.6) is 0 Å². The lowest BCUT2D eigenvalue weighted by molar-refractivity contribution is -0.121. The third-order valence-electron chi connectivity index (χ3n) is 22.1. The number of nitrogen functional groups attached to an aromatic ring is 1. The lowest BCUT2D eigenvalue weighted by atomic mass is 9.85. The van der Waals surface area contributed by atoms with Crippen LogP contribution in [-0.2, 0) is 21.0 Å². The molecule has 6 N–H and O–H groups in total. The standard InChI is InChI=1S/C16H23NO.C15H22O.3C14H21NO.C12H16O.C11H14O.C10H14N2O/c1-12(2)14-4-6-16(7-5-14)17-10-8-15(9-11-17)13(3)18;1-5-6-10-14(16)12-8-7-9-13(11-12)15(2,3)4;1-11(2)12-3-5-13(6-4-12)15-9-7-14(16)8-10-15;1-11(2)12-5-7-13(8-6-12)15-9-3-4-14(16)10-15;1-5-10-15-13(16)11-6-8-12(9-7-11)14(2,3)4;1-9(13)10-5-7-11(8-6-10)12(2,3)4;1-8(2)10-5-4-6-11(7-10)9(3)12;1-7(2)8-4-3-5-9(6-8)10(13)12-11/h4-7,12,15H,8-11H2,1-3H3;7-9,11H,5-6,10H2,1-4H3;3-6,11,14,16H,7-10H2,1-2H3;5-8,11,14,16H,3-4,9-10H2,1-2H3;6-9H,5,10H2,1-4H3,(H,15,16);5-8H,1-4H3;4-8H,1-3H3;3-7H,11H2,1-2H3,(H,12,13). The van der Waals surface area contributed by atoms with Crippen LogP contribution in [0, 0.1) is 5.92 Å². The van der Waals surface area contributed by atoms with Gasteiger partial charge in [0, 0.05) is 103 Å². The van der Waals surface area contributed by atoms with Gasteiger partial charge in [0.05, 0.1) is 12.2 Å². The van der Waals surface area contributed by atoms with Gasteiger partial charge in [-0.3, -0.25) is 34.2 Å². The first kappa shape index (κ1) is 103. The van der Waals surface area contributed by atoms with Crippen molar-refractivity contribution in [1.82, 2.24) is 10.7 Å². The van der Waals surface area contributed by atoms with Crippen molar-refractivity contribution in [3.63, 3.8) is 0 Å². The molecule has 0 aliphatic carbocycles. The van der Waals surface area contributed by atoms with Crippen molar-refractivity contribution in [2.45, 2.75) is 288 Å². The number of carbonyl (C=O) groups excluding carboxylic acids is 6. The summed E-state index contributed by atoms with van der Waals surface area (Å²) in [5.41, 5.74) is 20.4. The summed E-state index contributed by atoms with van der Waals surface area (Å²) < 4.78 is 0. The summed E-state index contributed by atoms with van der Waals surface area (Å²) in [5, 5.41) is 22.0. The summed E-state index contributed by atoms with van der Waals surface area (Å²) in [6.45, 7) is 56.8. The van der Waals surface area contributed by atoms with E-state index in [1.807, 2.05) is 110 Å². The number of nitrogens with zero attached hydrogens (tertiary/aromatic N) is 3. The fraction of sp³-hybridized carbons (Fsp3) is 0.491. The normalized spacial score (nSPS) is 14.3. The molecular formula is C106H152N6O8. The Morgan fingerprint density at radius 2 is 0.775 bits per heavy atom. The Hall–Kier alpha value is -9.34. The molecule has 0 aromatic heterocycles. The summed E-state index contributed by atoms with van der Waals surface area (Å²) >= 11 is 0. The first-order chi connectivity index (χ1) is 56.5. The predicted molar refractivity (Wildman–Crippen MR) is 507 cm³/mol. The summed E-state index contributed by atoms with van der Waals surface area (Å²) in [6.07, 6.45) is 9.28. The number of aliphatic hydroxyl groups excluding tert-OH is 2. The molecule has 14 nitrogen and oxygen atoms in total. The Morgan fingerprint density at radius 3 is 1.15 bits per heavy atom. The highest BCUT2D eigenvalue weighted by Crippen LogP contribution is 2.31. The lowest BCUT2D eigenvalue weighted by Crippen LogP contribution is -2.38. The molecule has 0 saturated carbocycles. The van der Waals surface area contributed by atoms with Crippen molar-refractivity contribution in [3.8, 4) is 0 Å². The lowest BCUT2D eigenvalue weighted by Gasteiger charge is -2.32. The van der Waals surface area contributed by atoms with E-state index >= 15 is 0 Å². The molecule has 3 fully saturated rings. The Morgan fingerprint density at radius 1 is 0.392 bits per heavy atom. The number of β-amino-alcohol motifs (C(OH)–C–C–N with tert-alkyl or cyclic N) is 1. The molecule has 1 unspecified atom stereocenters. The van der Waals surface area contributed by atoms with E-state index < -0.39 is 0 Å². The number of amides is 2. The second-order valence-corrected chi connectivity index (χ2v) is 37.0. The number of piperidine rings is 3. The fourth-order valence-corrected chi connectivity index (χ4v) is 13.6. The minimum absolute atomic E-state index is 0.0160. The number of nitrogens with one attached hydrogen (secondary N) is 2. The third-order valence-corrected chi connectivity index (χ3v) is 22.1. The molecule has 654 valence electrons. The molecule has 8 aromatic rings. The van der Waals surface area contributed by atoms with Gasteiger partial charge in [-0.2, -0.15) is 0 Å². The van der Waals surface area contributed by atoms with Gasteiger partial charge < -0.3 is 30.2 Å². The smallest absolute Gasteiger partial charge is 0.265 e. The van der Waals surface area contributed by atoms with Crippen LogP contribution in [0.25, 0.3) is 0 Å². The molecule has 1 atom stereocenters. The van der Waals surface area contributed by atoms with E-state index in [0.29, 0.717) is 47.4 Å². The number of carbonyl (C=O) groups is 6. The van der Waals surface area contributed by atoms with Gasteiger partial charge in [-0.25, -0.2) is 5.84 Å². The van der Waals surface area contributed by atoms with Crippen molar-refractivity contribution >= 4 is 52.0 Å². The molecule has 11 rings (SSSR count). The molecule has 3 saturated heterocycles. The number of unbranched alkanes of at least 4 members (excludes halogenated alkanes) is 1. The molecular weight excluding hydrogens is 1490 g/mol. The Labute approximate surface area is 724 Å².